The summed E-state index contributed by atoms with van der Waals surface area (Å²) in [6, 6.07) is 0. The summed E-state index contributed by atoms with van der Waals surface area (Å²) >= 11 is 0. The van der Waals surface area contributed by atoms with Crippen LogP contribution >= 0.6 is 0 Å². The van der Waals surface area contributed by atoms with Gasteiger partial charge in [0.15, 0.2) is 0 Å². The fourth-order valence-corrected chi connectivity index (χ4v) is 1.74. The summed E-state index contributed by atoms with van der Waals surface area (Å²) in [7, 11) is 0. The molecule has 1 unspecified atom stereocenters. The van der Waals surface area contributed by atoms with Crippen molar-refractivity contribution in [2.75, 3.05) is 19.6 Å². The summed E-state index contributed by atoms with van der Waals surface area (Å²) in [6.45, 7) is 6.04. The van der Waals surface area contributed by atoms with Crippen LogP contribution < -0.4 is 10.6 Å². The fourth-order valence-electron chi connectivity index (χ4n) is 1.74. The third-order valence-corrected chi connectivity index (χ3v) is 2.80. The van der Waals surface area contributed by atoms with E-state index in [9.17, 15) is 9.90 Å². The van der Waals surface area contributed by atoms with E-state index in [0.29, 0.717) is 18.9 Å². The predicted octanol–water partition coefficient (Wildman–Crippen LogP) is 0.263. The molecule has 1 rings (SSSR count). The Bertz CT molecular complexity index is 213. The molecule has 1 atom stereocenters. The number of hydrogen-bond donors (Lipinski definition) is 3. The Morgan fingerprint density at radius 1 is 1.60 bits per heavy atom. The van der Waals surface area contributed by atoms with Crippen molar-refractivity contribution in [1.82, 2.24) is 10.6 Å². The van der Waals surface area contributed by atoms with Crippen molar-refractivity contribution in [3.8, 4) is 0 Å². The van der Waals surface area contributed by atoms with Crippen molar-refractivity contribution in [2.24, 2.45) is 5.92 Å². The van der Waals surface area contributed by atoms with Crippen LogP contribution in [0, 0.1) is 5.92 Å². The van der Waals surface area contributed by atoms with Crippen LogP contribution in [0.2, 0.25) is 0 Å². The lowest BCUT2D eigenvalue weighted by molar-refractivity contribution is -0.123. The second kappa shape index (κ2) is 5.47. The summed E-state index contributed by atoms with van der Waals surface area (Å²) in [6.07, 6.45) is 2.23. The number of hydrogen-bond acceptors (Lipinski definition) is 3. The van der Waals surface area contributed by atoms with Crippen molar-refractivity contribution >= 4 is 5.91 Å². The van der Waals surface area contributed by atoms with Crippen LogP contribution in [0.4, 0.5) is 0 Å². The van der Waals surface area contributed by atoms with Gasteiger partial charge in [0.05, 0.1) is 5.60 Å². The topological polar surface area (TPSA) is 61.4 Å². The lowest BCUT2D eigenvalue weighted by Gasteiger charge is -2.27. The molecule has 3 N–H and O–H groups in total. The number of nitrogens with one attached hydrogen (secondary N) is 2. The second-order valence-electron chi connectivity index (χ2n) is 4.75. The highest BCUT2D eigenvalue weighted by molar-refractivity contribution is 5.76. The van der Waals surface area contributed by atoms with E-state index in [-0.39, 0.29) is 5.91 Å². The highest BCUT2D eigenvalue weighted by atomic mass is 16.3. The molecule has 1 fully saturated rings. The lowest BCUT2D eigenvalue weighted by atomic mass is 9.98. The molecule has 0 spiro atoms. The van der Waals surface area contributed by atoms with E-state index in [1.807, 2.05) is 6.92 Å². The highest BCUT2D eigenvalue weighted by Crippen LogP contribution is 2.11. The monoisotopic (exact) mass is 214 g/mol. The summed E-state index contributed by atoms with van der Waals surface area (Å²) in [5.41, 5.74) is -0.762. The zero-order valence-corrected chi connectivity index (χ0v) is 9.68. The molecule has 0 aliphatic carbocycles. The molecule has 1 aliphatic heterocycles. The standard InChI is InChI=1S/C11H22N2O2/c1-3-4-11(2,15)8-13-10(14)5-9-6-12-7-9/h9,12,15H,3-8H2,1-2H3,(H,13,14). The van der Waals surface area contributed by atoms with E-state index in [1.54, 1.807) is 6.92 Å². The average Bonchev–Trinajstić information content (AvgIpc) is 2.08. The molecule has 0 radical (unpaired) electrons. The molecular formula is C11H22N2O2. The SMILES string of the molecule is CCCC(C)(O)CNC(=O)CC1CNC1. The van der Waals surface area contributed by atoms with Gasteiger partial charge in [-0.2, -0.15) is 0 Å². The van der Waals surface area contributed by atoms with Crippen LogP contribution in [0.15, 0.2) is 0 Å². The Morgan fingerprint density at radius 3 is 2.73 bits per heavy atom. The number of carbonyl (C=O) groups is 1. The van der Waals surface area contributed by atoms with Gasteiger partial charge in [-0.25, -0.2) is 0 Å². The van der Waals surface area contributed by atoms with Crippen molar-refractivity contribution in [1.29, 1.82) is 0 Å². The van der Waals surface area contributed by atoms with Crippen LogP contribution in [0.5, 0.6) is 0 Å². The Morgan fingerprint density at radius 2 is 2.27 bits per heavy atom. The summed E-state index contributed by atoms with van der Waals surface area (Å²) in [5, 5.41) is 15.8. The Kier molecular flexibility index (Phi) is 4.54. The fraction of sp³-hybridized carbons (Fsp3) is 0.909. The molecule has 0 aromatic heterocycles. The zero-order chi connectivity index (χ0) is 11.3. The molecule has 15 heavy (non-hydrogen) atoms. The molecule has 88 valence electrons. The van der Waals surface area contributed by atoms with Crippen molar-refractivity contribution in [2.45, 2.75) is 38.7 Å². The first-order chi connectivity index (χ1) is 7.03. The normalized spacial score (nSPS) is 20.5. The minimum atomic E-state index is -0.762. The third-order valence-electron chi connectivity index (χ3n) is 2.80. The van der Waals surface area contributed by atoms with Crippen LogP contribution in [0.3, 0.4) is 0 Å². The average molecular weight is 214 g/mol. The summed E-state index contributed by atoms with van der Waals surface area (Å²) < 4.78 is 0. The first-order valence-corrected chi connectivity index (χ1v) is 5.73. The van der Waals surface area contributed by atoms with Crippen LogP contribution in [0.25, 0.3) is 0 Å². The van der Waals surface area contributed by atoms with E-state index >= 15 is 0 Å². The maximum absolute atomic E-state index is 11.4. The first kappa shape index (κ1) is 12.5. The molecule has 0 aromatic carbocycles. The Balaban J connectivity index is 2.14. The minimum absolute atomic E-state index is 0.0536. The van der Waals surface area contributed by atoms with Gasteiger partial charge >= 0.3 is 0 Å². The van der Waals surface area contributed by atoms with Gasteiger partial charge in [-0.1, -0.05) is 13.3 Å². The first-order valence-electron chi connectivity index (χ1n) is 5.73. The molecule has 0 bridgehead atoms. The lowest BCUT2D eigenvalue weighted by Crippen LogP contribution is -2.46. The van der Waals surface area contributed by atoms with Gasteiger partial charge in [-0.05, 0) is 32.4 Å². The maximum atomic E-state index is 11.4. The molecule has 1 aliphatic rings. The molecule has 4 nitrogen and oxygen atoms in total. The highest BCUT2D eigenvalue weighted by Gasteiger charge is 2.23. The molecular weight excluding hydrogens is 192 g/mol. The van der Waals surface area contributed by atoms with E-state index in [4.69, 9.17) is 0 Å². The van der Waals surface area contributed by atoms with Crippen molar-refractivity contribution in [3.05, 3.63) is 0 Å². The van der Waals surface area contributed by atoms with Gasteiger partial charge in [-0.3, -0.25) is 4.79 Å². The van der Waals surface area contributed by atoms with Gasteiger partial charge in [0, 0.05) is 13.0 Å². The van der Waals surface area contributed by atoms with Crippen LogP contribution in [-0.2, 0) is 4.79 Å². The zero-order valence-electron chi connectivity index (χ0n) is 9.68. The number of rotatable bonds is 6. The van der Waals surface area contributed by atoms with Gasteiger partial charge in [0.1, 0.15) is 0 Å². The predicted molar refractivity (Wildman–Crippen MR) is 59.5 cm³/mol. The van der Waals surface area contributed by atoms with E-state index in [0.717, 1.165) is 25.9 Å². The molecule has 0 aromatic rings. The summed E-state index contributed by atoms with van der Waals surface area (Å²) in [5.74, 6) is 0.541. The quantitative estimate of drug-likeness (QED) is 0.594. The number of carbonyl (C=O) groups excluding carboxylic acids is 1. The Labute approximate surface area is 91.4 Å². The molecule has 1 amide bonds. The molecule has 1 saturated heterocycles. The van der Waals surface area contributed by atoms with Gasteiger partial charge in [0.2, 0.25) is 5.91 Å². The molecule has 1 heterocycles. The van der Waals surface area contributed by atoms with Gasteiger partial charge in [0.25, 0.3) is 0 Å². The van der Waals surface area contributed by atoms with Crippen LogP contribution in [-0.4, -0.2) is 36.2 Å². The molecule has 4 heteroatoms. The van der Waals surface area contributed by atoms with E-state index in [1.165, 1.54) is 0 Å². The number of amides is 1. The van der Waals surface area contributed by atoms with Gasteiger partial charge in [-0.15, -0.1) is 0 Å². The second-order valence-corrected chi connectivity index (χ2v) is 4.75. The van der Waals surface area contributed by atoms with Crippen LogP contribution in [0.1, 0.15) is 33.1 Å². The van der Waals surface area contributed by atoms with E-state index in [2.05, 4.69) is 10.6 Å². The number of aliphatic hydroxyl groups is 1. The minimum Gasteiger partial charge on any atom is -0.388 e. The third kappa shape index (κ3) is 4.62. The molecule has 0 saturated carbocycles. The van der Waals surface area contributed by atoms with E-state index < -0.39 is 5.60 Å². The smallest absolute Gasteiger partial charge is 0.220 e. The largest absolute Gasteiger partial charge is 0.388 e. The Hall–Kier alpha value is -0.610. The van der Waals surface area contributed by atoms with Crippen molar-refractivity contribution in [3.63, 3.8) is 0 Å². The maximum Gasteiger partial charge on any atom is 0.220 e. The summed E-state index contributed by atoms with van der Waals surface area (Å²) in [4.78, 5) is 11.4. The van der Waals surface area contributed by atoms with Gasteiger partial charge < -0.3 is 15.7 Å². The van der Waals surface area contributed by atoms with Crippen molar-refractivity contribution < 1.29 is 9.90 Å².